The largest absolute Gasteiger partial charge is 0.376 e. The number of rotatable bonds is 2. The molecule has 0 unspecified atom stereocenters. The van der Waals surface area contributed by atoms with Gasteiger partial charge in [-0.25, -0.2) is 0 Å². The molecule has 0 spiro atoms. The van der Waals surface area contributed by atoms with Gasteiger partial charge >= 0.3 is 6.85 Å². The molecule has 0 amide bonds. The van der Waals surface area contributed by atoms with E-state index in [0.717, 1.165) is 0 Å². The van der Waals surface area contributed by atoms with Gasteiger partial charge < -0.3 is 9.71 Å². The predicted octanol–water partition coefficient (Wildman–Crippen LogP) is 10.9. The molecule has 3 aliphatic rings. The van der Waals surface area contributed by atoms with Gasteiger partial charge in [-0.2, -0.15) is 0 Å². The monoisotopic (exact) mass is 714 g/mol. The number of hydrogen-bond acceptors (Lipinski definition) is 3. The molecule has 0 bridgehead atoms. The number of thiophene rings is 1. The molecule has 5 heteroatoms. The van der Waals surface area contributed by atoms with Gasteiger partial charge in [0.25, 0.3) is 0 Å². The SMILES string of the molecule is CC(C)(C)c1ccc(N2c3c4c(cc5ccccc35)-c3cccc5c3N(B4c3sc4ccccc4c32)c2ccccc2[Si]5(C)C)c(-c2ccccc2)c1. The molecule has 7 aromatic carbocycles. The molecule has 0 aliphatic carbocycles. The molecule has 1 aromatic heterocycles. The summed E-state index contributed by atoms with van der Waals surface area (Å²) in [7, 11) is -2.00. The smallest absolute Gasteiger partial charge is 0.343 e. The Morgan fingerprint density at radius 2 is 1.28 bits per heavy atom. The Hall–Kier alpha value is -5.36. The van der Waals surface area contributed by atoms with Crippen LogP contribution in [0.3, 0.4) is 0 Å². The third kappa shape index (κ3) is 4.21. The Balaban J connectivity index is 1.34. The van der Waals surface area contributed by atoms with Gasteiger partial charge in [0.05, 0.1) is 17.1 Å². The summed E-state index contributed by atoms with van der Waals surface area (Å²) in [6.45, 7) is 12.1. The van der Waals surface area contributed by atoms with Gasteiger partial charge in [0.2, 0.25) is 0 Å². The maximum atomic E-state index is 2.76. The molecule has 3 aliphatic heterocycles. The molecule has 11 rings (SSSR count). The zero-order chi connectivity index (χ0) is 35.8. The highest BCUT2D eigenvalue weighted by Crippen LogP contribution is 2.53. The van der Waals surface area contributed by atoms with Crippen molar-refractivity contribution < 1.29 is 0 Å². The Morgan fingerprint density at radius 1 is 0.566 bits per heavy atom. The summed E-state index contributed by atoms with van der Waals surface area (Å²) in [5, 5.41) is 6.92. The predicted molar refractivity (Wildman–Crippen MR) is 234 cm³/mol. The Kier molecular flexibility index (Phi) is 6.38. The molecule has 0 atom stereocenters. The van der Waals surface area contributed by atoms with E-state index in [1.54, 1.807) is 0 Å². The third-order valence-electron chi connectivity index (χ3n) is 12.1. The van der Waals surface area contributed by atoms with E-state index < -0.39 is 8.07 Å². The lowest BCUT2D eigenvalue weighted by Gasteiger charge is -2.50. The van der Waals surface area contributed by atoms with Crippen LogP contribution in [0.2, 0.25) is 13.1 Å². The molecule has 254 valence electrons. The van der Waals surface area contributed by atoms with Crippen molar-refractivity contribution >= 4 is 96.2 Å². The number of fused-ring (bicyclic) bond motifs is 10. The number of anilines is 5. The van der Waals surface area contributed by atoms with Crippen molar-refractivity contribution in [3.05, 3.63) is 151 Å². The first kappa shape index (κ1) is 31.2. The van der Waals surface area contributed by atoms with Gasteiger partial charge in [-0.15, -0.1) is 11.3 Å². The fourth-order valence-electron chi connectivity index (χ4n) is 9.60. The number of hydrogen-bond donors (Lipinski definition) is 0. The molecule has 8 aromatic rings. The van der Waals surface area contributed by atoms with Crippen LogP contribution >= 0.6 is 11.3 Å². The van der Waals surface area contributed by atoms with Gasteiger partial charge in [0, 0.05) is 42.8 Å². The Bertz CT molecular complexity index is 2830. The summed E-state index contributed by atoms with van der Waals surface area (Å²) in [6, 6.07) is 55.4. The van der Waals surface area contributed by atoms with E-state index in [4.69, 9.17) is 0 Å². The minimum absolute atomic E-state index is 0.00800. The second-order valence-electron chi connectivity index (χ2n) is 16.5. The second-order valence-corrected chi connectivity index (χ2v) is 21.9. The average Bonchev–Trinajstić information content (AvgIpc) is 3.56. The van der Waals surface area contributed by atoms with Crippen LogP contribution in [0.5, 0.6) is 0 Å². The first-order valence-corrected chi connectivity index (χ1v) is 22.6. The van der Waals surface area contributed by atoms with Crippen molar-refractivity contribution in [1.82, 2.24) is 0 Å². The summed E-state index contributed by atoms with van der Waals surface area (Å²) < 4.78 is 2.73. The molecular weight excluding hydrogens is 676 g/mol. The van der Waals surface area contributed by atoms with Gasteiger partial charge in [-0.1, -0.05) is 149 Å². The quantitative estimate of drug-likeness (QED) is 0.165. The van der Waals surface area contributed by atoms with Crippen LogP contribution in [0.15, 0.2) is 146 Å². The van der Waals surface area contributed by atoms with Crippen molar-refractivity contribution in [2.45, 2.75) is 39.3 Å². The zero-order valence-corrected chi connectivity index (χ0v) is 32.6. The van der Waals surface area contributed by atoms with Gasteiger partial charge in [0.15, 0.2) is 0 Å². The van der Waals surface area contributed by atoms with Crippen LogP contribution in [0.1, 0.15) is 26.3 Å². The van der Waals surface area contributed by atoms with Crippen molar-refractivity contribution in [2.75, 3.05) is 9.71 Å². The highest BCUT2D eigenvalue weighted by molar-refractivity contribution is 7.32. The van der Waals surface area contributed by atoms with Crippen molar-refractivity contribution in [2.24, 2.45) is 0 Å². The highest BCUT2D eigenvalue weighted by atomic mass is 32.1. The maximum Gasteiger partial charge on any atom is 0.343 e. The highest BCUT2D eigenvalue weighted by Gasteiger charge is 2.52. The summed E-state index contributed by atoms with van der Waals surface area (Å²) in [4.78, 5) is 5.43. The molecule has 0 saturated carbocycles. The van der Waals surface area contributed by atoms with Crippen LogP contribution in [0.25, 0.3) is 43.1 Å². The minimum Gasteiger partial charge on any atom is -0.376 e. The lowest BCUT2D eigenvalue weighted by molar-refractivity contribution is 0.590. The molecule has 0 saturated heterocycles. The first-order valence-electron chi connectivity index (χ1n) is 18.8. The summed E-state index contributed by atoms with van der Waals surface area (Å²) in [5.41, 5.74) is 14.6. The van der Waals surface area contributed by atoms with Crippen LogP contribution in [0, 0.1) is 0 Å². The van der Waals surface area contributed by atoms with Crippen molar-refractivity contribution in [1.29, 1.82) is 0 Å². The number of nitrogens with zero attached hydrogens (tertiary/aromatic N) is 2. The normalized spacial score (nSPS) is 14.9. The first-order chi connectivity index (χ1) is 25.7. The summed E-state index contributed by atoms with van der Waals surface area (Å²) in [6.07, 6.45) is 0. The third-order valence-corrected chi connectivity index (χ3v) is 16.9. The fourth-order valence-corrected chi connectivity index (χ4v) is 13.9. The average molecular weight is 715 g/mol. The van der Waals surface area contributed by atoms with Crippen LogP contribution in [0.4, 0.5) is 28.4 Å². The fraction of sp³-hybridized carbons (Fsp3) is 0.125. The van der Waals surface area contributed by atoms with E-state index in [2.05, 4.69) is 189 Å². The van der Waals surface area contributed by atoms with E-state index in [1.807, 2.05) is 11.3 Å². The van der Waals surface area contributed by atoms with Crippen molar-refractivity contribution in [3.8, 4) is 22.3 Å². The van der Waals surface area contributed by atoms with Gasteiger partial charge in [0.1, 0.15) is 8.07 Å². The summed E-state index contributed by atoms with van der Waals surface area (Å²) in [5.74, 6) is 0. The van der Waals surface area contributed by atoms with Gasteiger partial charge in [-0.05, 0) is 73.7 Å². The van der Waals surface area contributed by atoms with Crippen LogP contribution in [-0.4, -0.2) is 14.9 Å². The van der Waals surface area contributed by atoms with E-state index in [1.165, 1.54) is 97.7 Å². The van der Waals surface area contributed by atoms with Crippen molar-refractivity contribution in [3.63, 3.8) is 0 Å². The lowest BCUT2D eigenvalue weighted by Crippen LogP contribution is -2.68. The molecule has 0 radical (unpaired) electrons. The number of benzene rings is 7. The lowest BCUT2D eigenvalue weighted by atomic mass is 9.46. The molecule has 0 N–H and O–H groups in total. The molecule has 0 fully saturated rings. The zero-order valence-electron chi connectivity index (χ0n) is 30.7. The second kappa shape index (κ2) is 10.8. The van der Waals surface area contributed by atoms with E-state index in [-0.39, 0.29) is 12.3 Å². The molecule has 53 heavy (non-hydrogen) atoms. The van der Waals surface area contributed by atoms with Crippen LogP contribution in [-0.2, 0) is 5.41 Å². The Morgan fingerprint density at radius 3 is 2.11 bits per heavy atom. The molecular formula is C48H39BN2SSi. The van der Waals surface area contributed by atoms with Gasteiger partial charge in [-0.3, -0.25) is 0 Å². The standard InChI is InChI=1S/C48H39BN2SSi/c1-48(2,3)32-26-27-38(36(29-32)30-16-7-6-8-17-30)50-45-33-19-10-9-18-31(33)28-37-34-21-15-25-42-44(34)51(39-22-12-14-24-41(39)53(42,4)5)49(43(37)45)47-46(50)35-20-11-13-23-40(35)52-47/h6-29H,1-5H3. The molecule has 4 heterocycles. The molecule has 2 nitrogen and oxygen atoms in total. The van der Waals surface area contributed by atoms with E-state index >= 15 is 0 Å². The van der Waals surface area contributed by atoms with E-state index in [0.29, 0.717) is 0 Å². The topological polar surface area (TPSA) is 6.48 Å². The van der Waals surface area contributed by atoms with E-state index in [9.17, 15) is 0 Å². The minimum atomic E-state index is -2.00. The maximum absolute atomic E-state index is 2.76. The number of para-hydroxylation sites is 2. The summed E-state index contributed by atoms with van der Waals surface area (Å²) >= 11 is 1.98. The van der Waals surface area contributed by atoms with Crippen LogP contribution < -0.4 is 30.3 Å². The Labute approximate surface area is 317 Å².